The van der Waals surface area contributed by atoms with Crippen LogP contribution < -0.4 is 10.1 Å². The molecule has 0 aliphatic rings. The first-order valence-corrected chi connectivity index (χ1v) is 8.11. The van der Waals surface area contributed by atoms with Gasteiger partial charge in [0.1, 0.15) is 5.75 Å². The highest BCUT2D eigenvalue weighted by atomic mass is 32.1. The maximum Gasteiger partial charge on any atom is 0.220 e. The van der Waals surface area contributed by atoms with Crippen molar-refractivity contribution in [3.8, 4) is 5.75 Å². The molecule has 1 heterocycles. The van der Waals surface area contributed by atoms with E-state index in [0.29, 0.717) is 13.0 Å². The van der Waals surface area contributed by atoms with E-state index in [-0.39, 0.29) is 12.0 Å². The molecule has 0 fully saturated rings. The molecule has 2 rings (SSSR count). The van der Waals surface area contributed by atoms with Crippen LogP contribution in [0, 0.1) is 0 Å². The van der Waals surface area contributed by atoms with Crippen LogP contribution in [-0.4, -0.2) is 12.0 Å². The zero-order valence-electron chi connectivity index (χ0n) is 12.5. The number of carbonyl (C=O) groups is 1. The summed E-state index contributed by atoms with van der Waals surface area (Å²) < 4.78 is 5.59. The molecule has 1 amide bonds. The van der Waals surface area contributed by atoms with Gasteiger partial charge in [0.05, 0.1) is 6.10 Å². The van der Waals surface area contributed by atoms with E-state index in [1.54, 1.807) is 11.3 Å². The van der Waals surface area contributed by atoms with Crippen molar-refractivity contribution in [1.29, 1.82) is 0 Å². The third-order valence-corrected chi connectivity index (χ3v) is 3.74. The standard InChI is InChI=1S/C17H21NO2S/c1-13(2)20-16-6-3-14(4-7-16)11-18-17(19)8-5-15-9-10-21-12-15/h3-4,6-7,9-10,12-13H,5,8,11H2,1-2H3,(H,18,19). The molecule has 0 saturated heterocycles. The summed E-state index contributed by atoms with van der Waals surface area (Å²) in [4.78, 5) is 11.8. The summed E-state index contributed by atoms with van der Waals surface area (Å²) in [5, 5.41) is 7.07. The lowest BCUT2D eigenvalue weighted by Crippen LogP contribution is -2.22. The molecule has 4 heteroatoms. The second-order valence-electron chi connectivity index (χ2n) is 5.22. The third kappa shape index (κ3) is 5.60. The quantitative estimate of drug-likeness (QED) is 0.845. The van der Waals surface area contributed by atoms with E-state index in [0.717, 1.165) is 17.7 Å². The fourth-order valence-electron chi connectivity index (χ4n) is 1.94. The van der Waals surface area contributed by atoms with E-state index in [9.17, 15) is 4.79 Å². The van der Waals surface area contributed by atoms with E-state index in [1.165, 1.54) is 5.56 Å². The first-order chi connectivity index (χ1) is 10.1. The highest BCUT2D eigenvalue weighted by Crippen LogP contribution is 2.14. The fraction of sp³-hybridized carbons (Fsp3) is 0.353. The van der Waals surface area contributed by atoms with Crippen molar-refractivity contribution in [1.82, 2.24) is 5.32 Å². The Labute approximate surface area is 130 Å². The van der Waals surface area contributed by atoms with Gasteiger partial charge in [0.15, 0.2) is 0 Å². The van der Waals surface area contributed by atoms with Gasteiger partial charge in [0.25, 0.3) is 0 Å². The van der Waals surface area contributed by atoms with Crippen molar-refractivity contribution in [3.05, 3.63) is 52.2 Å². The van der Waals surface area contributed by atoms with Crippen LogP contribution in [0.5, 0.6) is 5.75 Å². The molecular formula is C17H21NO2S. The fourth-order valence-corrected chi connectivity index (χ4v) is 2.64. The van der Waals surface area contributed by atoms with E-state index < -0.39 is 0 Å². The van der Waals surface area contributed by atoms with Crippen molar-refractivity contribution < 1.29 is 9.53 Å². The lowest BCUT2D eigenvalue weighted by molar-refractivity contribution is -0.121. The van der Waals surface area contributed by atoms with Crippen LogP contribution >= 0.6 is 11.3 Å². The first-order valence-electron chi connectivity index (χ1n) is 7.17. The van der Waals surface area contributed by atoms with E-state index in [2.05, 4.69) is 16.8 Å². The smallest absolute Gasteiger partial charge is 0.220 e. The maximum atomic E-state index is 11.8. The average Bonchev–Trinajstić information content (AvgIpc) is 2.97. The molecule has 0 aliphatic heterocycles. The molecule has 0 spiro atoms. The van der Waals surface area contributed by atoms with Gasteiger partial charge < -0.3 is 10.1 Å². The SMILES string of the molecule is CC(C)Oc1ccc(CNC(=O)CCc2ccsc2)cc1. The van der Waals surface area contributed by atoms with E-state index >= 15 is 0 Å². The lowest BCUT2D eigenvalue weighted by Gasteiger charge is -2.10. The van der Waals surface area contributed by atoms with Crippen LogP contribution in [0.3, 0.4) is 0 Å². The molecule has 0 bridgehead atoms. The number of carbonyl (C=O) groups excluding carboxylic acids is 1. The molecule has 3 nitrogen and oxygen atoms in total. The minimum atomic E-state index is 0.0868. The molecule has 1 aromatic heterocycles. The van der Waals surface area contributed by atoms with Gasteiger partial charge in [0, 0.05) is 13.0 Å². The maximum absolute atomic E-state index is 11.8. The monoisotopic (exact) mass is 303 g/mol. The Hall–Kier alpha value is -1.81. The number of hydrogen-bond acceptors (Lipinski definition) is 3. The van der Waals surface area contributed by atoms with E-state index in [1.807, 2.05) is 43.5 Å². The second-order valence-corrected chi connectivity index (χ2v) is 6.00. The van der Waals surface area contributed by atoms with Gasteiger partial charge in [-0.15, -0.1) is 0 Å². The summed E-state index contributed by atoms with van der Waals surface area (Å²) in [6.07, 6.45) is 1.51. The second kappa shape index (κ2) is 7.84. The molecule has 1 aromatic carbocycles. The van der Waals surface area contributed by atoms with Crippen LogP contribution in [0.1, 0.15) is 31.4 Å². The minimum absolute atomic E-state index is 0.0868. The van der Waals surface area contributed by atoms with Gasteiger partial charge in [-0.05, 0) is 60.4 Å². The van der Waals surface area contributed by atoms with Crippen molar-refractivity contribution in [3.63, 3.8) is 0 Å². The number of thiophene rings is 1. The Balaban J connectivity index is 1.73. The molecular weight excluding hydrogens is 282 g/mol. The van der Waals surface area contributed by atoms with Gasteiger partial charge in [-0.25, -0.2) is 0 Å². The van der Waals surface area contributed by atoms with Crippen LogP contribution in [0.15, 0.2) is 41.1 Å². The zero-order valence-corrected chi connectivity index (χ0v) is 13.3. The van der Waals surface area contributed by atoms with Gasteiger partial charge >= 0.3 is 0 Å². The van der Waals surface area contributed by atoms with Crippen molar-refractivity contribution in [2.45, 2.75) is 39.3 Å². The summed E-state index contributed by atoms with van der Waals surface area (Å²) in [6.45, 7) is 4.56. The molecule has 2 aromatic rings. The van der Waals surface area contributed by atoms with Crippen LogP contribution in [0.2, 0.25) is 0 Å². The molecule has 0 unspecified atom stereocenters. The molecule has 0 saturated carbocycles. The molecule has 1 N–H and O–H groups in total. The highest BCUT2D eigenvalue weighted by molar-refractivity contribution is 7.07. The Morgan fingerprint density at radius 3 is 2.57 bits per heavy atom. The molecule has 0 aliphatic carbocycles. The summed E-state index contributed by atoms with van der Waals surface area (Å²) in [5.74, 6) is 0.946. The first kappa shape index (κ1) is 15.6. The molecule has 112 valence electrons. The van der Waals surface area contributed by atoms with Crippen molar-refractivity contribution in [2.75, 3.05) is 0 Å². The normalized spacial score (nSPS) is 10.6. The number of aryl methyl sites for hydroxylation is 1. The summed E-state index contributed by atoms with van der Waals surface area (Å²) >= 11 is 1.66. The lowest BCUT2D eigenvalue weighted by atomic mass is 10.2. The third-order valence-electron chi connectivity index (χ3n) is 3.01. The topological polar surface area (TPSA) is 38.3 Å². The highest BCUT2D eigenvalue weighted by Gasteiger charge is 2.03. The Morgan fingerprint density at radius 1 is 1.19 bits per heavy atom. The minimum Gasteiger partial charge on any atom is -0.491 e. The van der Waals surface area contributed by atoms with E-state index in [4.69, 9.17) is 4.74 Å². The predicted molar refractivity (Wildman–Crippen MR) is 86.7 cm³/mol. The van der Waals surface area contributed by atoms with Gasteiger partial charge in [-0.2, -0.15) is 11.3 Å². The van der Waals surface area contributed by atoms with Gasteiger partial charge in [0.2, 0.25) is 5.91 Å². The Morgan fingerprint density at radius 2 is 1.95 bits per heavy atom. The number of amides is 1. The summed E-state index contributed by atoms with van der Waals surface area (Å²) in [5.41, 5.74) is 2.31. The van der Waals surface area contributed by atoms with Crippen LogP contribution in [0.4, 0.5) is 0 Å². The van der Waals surface area contributed by atoms with Crippen LogP contribution in [0.25, 0.3) is 0 Å². The molecule has 0 radical (unpaired) electrons. The van der Waals surface area contributed by atoms with Crippen molar-refractivity contribution >= 4 is 17.2 Å². The molecule has 0 atom stereocenters. The number of ether oxygens (including phenoxy) is 1. The average molecular weight is 303 g/mol. The number of benzene rings is 1. The largest absolute Gasteiger partial charge is 0.491 e. The van der Waals surface area contributed by atoms with Crippen LogP contribution in [-0.2, 0) is 17.8 Å². The van der Waals surface area contributed by atoms with Crippen molar-refractivity contribution in [2.24, 2.45) is 0 Å². The van der Waals surface area contributed by atoms with Gasteiger partial charge in [-0.3, -0.25) is 4.79 Å². The predicted octanol–water partition coefficient (Wildman–Crippen LogP) is 3.78. The zero-order chi connectivity index (χ0) is 15.1. The Kier molecular flexibility index (Phi) is 5.81. The summed E-state index contributed by atoms with van der Waals surface area (Å²) in [6, 6.07) is 9.90. The Bertz CT molecular complexity index is 547. The number of rotatable bonds is 7. The molecule has 21 heavy (non-hydrogen) atoms. The number of hydrogen-bond donors (Lipinski definition) is 1. The van der Waals surface area contributed by atoms with Gasteiger partial charge in [-0.1, -0.05) is 12.1 Å². The summed E-state index contributed by atoms with van der Waals surface area (Å²) in [7, 11) is 0. The number of nitrogens with one attached hydrogen (secondary N) is 1.